The molecule has 1 aromatic heterocycles. The fourth-order valence-electron chi connectivity index (χ4n) is 8.60. The fraction of sp³-hybridized carbons (Fsp3) is 0.553. The Morgan fingerprint density at radius 2 is 1.67 bits per heavy atom. The number of carbonyl (C=O) groups is 5. The van der Waals surface area contributed by atoms with Gasteiger partial charge < -0.3 is 26.0 Å². The van der Waals surface area contributed by atoms with Gasteiger partial charge in [-0.1, -0.05) is 86.9 Å². The number of ether oxygens (including phenoxy) is 1. The van der Waals surface area contributed by atoms with Crippen LogP contribution in [0.15, 0.2) is 48.7 Å². The van der Waals surface area contributed by atoms with E-state index in [1.807, 2.05) is 30.3 Å². The molecule has 3 aromatic rings. The van der Waals surface area contributed by atoms with E-state index in [1.165, 1.54) is 22.9 Å². The Balaban J connectivity index is 1.38. The van der Waals surface area contributed by atoms with Crippen LogP contribution < -0.4 is 16.4 Å². The number of sulfone groups is 1. The molecule has 1 aliphatic heterocycles. The number of hydrogen-bond donors (Lipinski definition) is 3. The number of nitrogens with one attached hydrogen (secondary N) is 2. The number of rotatable bonds is 13. The molecule has 2 aromatic carbocycles. The van der Waals surface area contributed by atoms with Crippen molar-refractivity contribution in [2.75, 3.05) is 19.9 Å². The van der Waals surface area contributed by atoms with E-state index in [2.05, 4.69) is 20.9 Å². The molecule has 4 atom stereocenters. The highest BCUT2D eigenvalue weighted by Gasteiger charge is 2.54. The predicted octanol–water partition coefficient (Wildman–Crippen LogP) is 2.39. The second kappa shape index (κ2) is 16.3. The van der Waals surface area contributed by atoms with E-state index in [0.29, 0.717) is 24.8 Å². The molecule has 16 heteroatoms. The lowest BCUT2D eigenvalue weighted by atomic mass is 9.78. The number of amides is 4. The summed E-state index contributed by atoms with van der Waals surface area (Å²) < 4.78 is 32.0. The summed E-state index contributed by atoms with van der Waals surface area (Å²) in [5.74, 6) is -4.07. The molecule has 3 fully saturated rings. The van der Waals surface area contributed by atoms with Crippen LogP contribution in [0.4, 0.5) is 0 Å². The van der Waals surface area contributed by atoms with Gasteiger partial charge in [-0.3, -0.25) is 24.0 Å². The van der Waals surface area contributed by atoms with Gasteiger partial charge in [0.25, 0.3) is 11.8 Å². The van der Waals surface area contributed by atoms with Crippen molar-refractivity contribution in [2.24, 2.45) is 11.7 Å². The van der Waals surface area contributed by atoms with E-state index in [-0.39, 0.29) is 31.0 Å². The van der Waals surface area contributed by atoms with E-state index in [4.69, 9.17) is 10.5 Å². The van der Waals surface area contributed by atoms with Crippen molar-refractivity contribution in [1.82, 2.24) is 30.5 Å². The van der Waals surface area contributed by atoms with Gasteiger partial charge in [0, 0.05) is 25.5 Å². The quantitative estimate of drug-likeness (QED) is 0.216. The van der Waals surface area contributed by atoms with Crippen molar-refractivity contribution >= 4 is 50.0 Å². The van der Waals surface area contributed by atoms with Gasteiger partial charge in [-0.2, -0.15) is 0 Å². The number of likely N-dealkylation sites (tertiary alicyclic amines) is 1. The van der Waals surface area contributed by atoms with E-state index >= 15 is 4.79 Å². The van der Waals surface area contributed by atoms with Crippen molar-refractivity contribution in [1.29, 1.82) is 0 Å². The normalized spacial score (nSPS) is 22.4. The lowest BCUT2D eigenvalue weighted by Gasteiger charge is -2.38. The molecule has 6 rings (SSSR count). The summed E-state index contributed by atoms with van der Waals surface area (Å²) in [5.41, 5.74) is 4.52. The van der Waals surface area contributed by atoms with Gasteiger partial charge in [0.1, 0.15) is 29.8 Å². The number of nitrogens with zero attached hydrogens (tertiary/aromatic N) is 4. The van der Waals surface area contributed by atoms with Crippen LogP contribution in [0.1, 0.15) is 92.7 Å². The SMILES string of the molecule is CO[C@@H]1[C@@H](C(=O)NC2(C(=O)C(N)=O)CCCCC2)N(C(=O)[C@@H](CC2CCCCC2)NC(=O)c2ccc3ccccc3c2)C[C@H]1n1nncc1CS(C)(=O)=O. The summed E-state index contributed by atoms with van der Waals surface area (Å²) >= 11 is 0. The number of methoxy groups -OCH3 is 1. The third kappa shape index (κ3) is 8.49. The number of aromatic nitrogens is 3. The highest BCUT2D eigenvalue weighted by atomic mass is 32.2. The second-order valence-electron chi connectivity index (χ2n) is 15.1. The molecule has 290 valence electrons. The summed E-state index contributed by atoms with van der Waals surface area (Å²) in [6.45, 7) is -0.153. The van der Waals surface area contributed by atoms with Crippen LogP contribution in [0.5, 0.6) is 0 Å². The molecule has 0 bridgehead atoms. The van der Waals surface area contributed by atoms with Gasteiger partial charge in [-0.25, -0.2) is 13.1 Å². The van der Waals surface area contributed by atoms with Crippen LogP contribution in [0.25, 0.3) is 10.8 Å². The largest absolute Gasteiger partial charge is 0.376 e. The molecule has 0 unspecified atom stereocenters. The van der Waals surface area contributed by atoms with Crippen LogP contribution in [-0.2, 0) is 39.5 Å². The van der Waals surface area contributed by atoms with Crippen molar-refractivity contribution in [3.63, 3.8) is 0 Å². The lowest BCUT2D eigenvalue weighted by molar-refractivity contribution is -0.147. The third-order valence-electron chi connectivity index (χ3n) is 11.2. The Hall–Kier alpha value is -4.70. The fourth-order valence-corrected chi connectivity index (χ4v) is 9.35. The molecule has 4 N–H and O–H groups in total. The highest BCUT2D eigenvalue weighted by molar-refractivity contribution is 7.89. The average Bonchev–Trinajstić information content (AvgIpc) is 3.77. The molecule has 0 radical (unpaired) electrons. The van der Waals surface area contributed by atoms with Gasteiger partial charge in [-0.15, -0.1) is 5.10 Å². The molecule has 2 heterocycles. The van der Waals surface area contributed by atoms with Crippen LogP contribution in [0, 0.1) is 5.92 Å². The molecular weight excluding hydrogens is 715 g/mol. The van der Waals surface area contributed by atoms with Crippen LogP contribution >= 0.6 is 0 Å². The van der Waals surface area contributed by atoms with E-state index in [9.17, 15) is 27.6 Å². The predicted molar refractivity (Wildman–Crippen MR) is 198 cm³/mol. The molecule has 1 saturated heterocycles. The van der Waals surface area contributed by atoms with Crippen LogP contribution in [0.3, 0.4) is 0 Å². The molecule has 15 nitrogen and oxygen atoms in total. The summed E-state index contributed by atoms with van der Waals surface area (Å²) in [4.78, 5) is 70.4. The first-order chi connectivity index (χ1) is 25.8. The summed E-state index contributed by atoms with van der Waals surface area (Å²) in [6.07, 6.45) is 8.80. The highest BCUT2D eigenvalue weighted by Crippen LogP contribution is 2.36. The topological polar surface area (TPSA) is 213 Å². The number of hydrogen-bond acceptors (Lipinski definition) is 10. The van der Waals surface area contributed by atoms with Gasteiger partial charge >= 0.3 is 0 Å². The zero-order valence-electron chi connectivity index (χ0n) is 30.7. The average molecular weight is 764 g/mol. The minimum Gasteiger partial charge on any atom is -0.376 e. The zero-order chi connectivity index (χ0) is 38.6. The smallest absolute Gasteiger partial charge is 0.287 e. The number of benzene rings is 2. The minimum atomic E-state index is -3.54. The van der Waals surface area contributed by atoms with Gasteiger partial charge in [0.15, 0.2) is 9.84 Å². The number of carbonyl (C=O) groups excluding carboxylic acids is 5. The molecule has 2 aliphatic carbocycles. The summed E-state index contributed by atoms with van der Waals surface area (Å²) in [6, 6.07) is 9.66. The molecular formula is C38H49N7O8S. The molecule has 4 amide bonds. The monoisotopic (exact) mass is 763 g/mol. The van der Waals surface area contributed by atoms with Gasteiger partial charge in [0.05, 0.1) is 17.6 Å². The van der Waals surface area contributed by atoms with Crippen molar-refractivity contribution in [3.05, 3.63) is 59.9 Å². The molecule has 3 aliphatic rings. The third-order valence-corrected chi connectivity index (χ3v) is 12.1. The van der Waals surface area contributed by atoms with E-state index in [1.54, 1.807) is 12.1 Å². The maximum Gasteiger partial charge on any atom is 0.287 e. The first kappa shape index (κ1) is 39.0. The summed E-state index contributed by atoms with van der Waals surface area (Å²) in [7, 11) is -2.18. The standard InChI is InChI=1S/C38H49N7O8S/c1-53-32-30(45-28(21-40-43-45)23-54(2,51)52)22-44(31(32)36(49)42-38(33(46)34(39)47)17-9-4-10-18-38)37(50)29(19-24-11-5-3-6-12-24)41-35(48)27-16-15-25-13-7-8-14-26(25)20-27/h7-8,13-16,20-21,24,29-32H,3-6,9-12,17-19,22-23H2,1-2H3,(H2,39,47)(H,41,48)(H,42,49)/t29-,30-,31+,32+/m1/s1. The Labute approximate surface area is 314 Å². The zero-order valence-corrected chi connectivity index (χ0v) is 31.6. The van der Waals surface area contributed by atoms with Crippen LogP contribution in [0.2, 0.25) is 0 Å². The first-order valence-electron chi connectivity index (χ1n) is 18.7. The van der Waals surface area contributed by atoms with Crippen molar-refractivity contribution in [2.45, 2.75) is 106 Å². The van der Waals surface area contributed by atoms with E-state index in [0.717, 1.165) is 55.6 Å². The molecule has 2 saturated carbocycles. The Morgan fingerprint density at radius 3 is 2.33 bits per heavy atom. The van der Waals surface area contributed by atoms with Crippen molar-refractivity contribution in [3.8, 4) is 0 Å². The summed E-state index contributed by atoms with van der Waals surface area (Å²) in [5, 5.41) is 15.8. The molecule has 54 heavy (non-hydrogen) atoms. The maximum atomic E-state index is 15.0. The van der Waals surface area contributed by atoms with Crippen molar-refractivity contribution < 1.29 is 37.1 Å². The van der Waals surface area contributed by atoms with Crippen LogP contribution in [-0.4, -0.2) is 101 Å². The Kier molecular flexibility index (Phi) is 11.8. The van der Waals surface area contributed by atoms with Gasteiger partial charge in [0.2, 0.25) is 17.6 Å². The Morgan fingerprint density at radius 1 is 0.981 bits per heavy atom. The Bertz CT molecular complexity index is 2000. The number of Topliss-reactive ketones (excluding diaryl/α,β-unsaturated/α-hetero) is 1. The number of nitrogens with two attached hydrogens (primary N) is 1. The first-order valence-corrected chi connectivity index (χ1v) is 20.7. The second-order valence-corrected chi connectivity index (χ2v) is 17.2. The van der Waals surface area contributed by atoms with Gasteiger partial charge in [-0.05, 0) is 48.1 Å². The minimum absolute atomic E-state index is 0.142. The number of fused-ring (bicyclic) bond motifs is 1. The lowest BCUT2D eigenvalue weighted by Crippen LogP contribution is -2.64. The van der Waals surface area contributed by atoms with E-state index < -0.39 is 74.8 Å². The maximum absolute atomic E-state index is 15.0. The number of ketones is 1. The molecule has 0 spiro atoms. The number of primary amides is 1.